The Morgan fingerprint density at radius 1 is 1.30 bits per heavy atom. The molecule has 4 nitrogen and oxygen atoms in total. The summed E-state index contributed by atoms with van der Waals surface area (Å²) in [5.41, 5.74) is 0.913. The minimum absolute atomic E-state index is 0.400. The molecule has 2 atom stereocenters. The zero-order chi connectivity index (χ0) is 14.2. The Morgan fingerprint density at radius 2 is 2.05 bits per heavy atom. The van der Waals surface area contributed by atoms with Gasteiger partial charge in [-0.05, 0) is 44.4 Å². The summed E-state index contributed by atoms with van der Waals surface area (Å²) in [6, 6.07) is 0.547. The molecule has 0 saturated heterocycles. The van der Waals surface area contributed by atoms with E-state index in [-0.39, 0.29) is 0 Å². The fourth-order valence-electron chi connectivity index (χ4n) is 3.69. The first-order chi connectivity index (χ1) is 9.62. The second-order valence-corrected chi connectivity index (χ2v) is 7.20. The Kier molecular flexibility index (Phi) is 3.69. The SMILES string of the molecule is CCOC1CC(NC(=NC)NCC2(C)CC2)C12CCC2. The summed E-state index contributed by atoms with van der Waals surface area (Å²) in [6.45, 7) is 6.32. The van der Waals surface area contributed by atoms with Crippen molar-refractivity contribution in [2.45, 2.75) is 64.5 Å². The van der Waals surface area contributed by atoms with E-state index in [1.807, 2.05) is 7.05 Å². The summed E-state index contributed by atoms with van der Waals surface area (Å²) >= 11 is 0. The van der Waals surface area contributed by atoms with Gasteiger partial charge < -0.3 is 15.4 Å². The van der Waals surface area contributed by atoms with Crippen LogP contribution in [0.15, 0.2) is 4.99 Å². The highest BCUT2D eigenvalue weighted by atomic mass is 16.5. The van der Waals surface area contributed by atoms with Crippen molar-refractivity contribution in [2.75, 3.05) is 20.2 Å². The molecule has 2 N–H and O–H groups in total. The molecule has 0 aromatic rings. The van der Waals surface area contributed by atoms with Gasteiger partial charge in [-0.2, -0.15) is 0 Å². The Hall–Kier alpha value is -0.770. The molecule has 20 heavy (non-hydrogen) atoms. The van der Waals surface area contributed by atoms with Crippen LogP contribution in [0.25, 0.3) is 0 Å². The first-order valence-electron chi connectivity index (χ1n) is 8.21. The van der Waals surface area contributed by atoms with E-state index in [0.717, 1.165) is 25.5 Å². The van der Waals surface area contributed by atoms with Crippen molar-refractivity contribution in [3.05, 3.63) is 0 Å². The maximum atomic E-state index is 5.90. The average Bonchev–Trinajstić information content (AvgIpc) is 3.08. The van der Waals surface area contributed by atoms with Crippen LogP contribution in [0.5, 0.6) is 0 Å². The molecule has 0 heterocycles. The summed E-state index contributed by atoms with van der Waals surface area (Å²) in [7, 11) is 1.87. The topological polar surface area (TPSA) is 45.6 Å². The molecule has 3 aliphatic rings. The number of nitrogens with zero attached hydrogens (tertiary/aromatic N) is 1. The molecule has 3 saturated carbocycles. The third-order valence-electron chi connectivity index (χ3n) is 5.76. The second-order valence-electron chi connectivity index (χ2n) is 7.20. The lowest BCUT2D eigenvalue weighted by atomic mass is 9.51. The predicted molar refractivity (Wildman–Crippen MR) is 81.9 cm³/mol. The van der Waals surface area contributed by atoms with Gasteiger partial charge in [-0.25, -0.2) is 0 Å². The van der Waals surface area contributed by atoms with E-state index in [1.165, 1.54) is 32.1 Å². The number of aliphatic imine (C=N–C) groups is 1. The van der Waals surface area contributed by atoms with Gasteiger partial charge in [-0.3, -0.25) is 4.99 Å². The van der Waals surface area contributed by atoms with Crippen molar-refractivity contribution in [3.8, 4) is 0 Å². The summed E-state index contributed by atoms with van der Waals surface area (Å²) in [4.78, 5) is 4.39. The molecule has 0 radical (unpaired) electrons. The van der Waals surface area contributed by atoms with Gasteiger partial charge in [0.25, 0.3) is 0 Å². The molecule has 3 fully saturated rings. The summed E-state index contributed by atoms with van der Waals surface area (Å²) in [5, 5.41) is 7.15. The largest absolute Gasteiger partial charge is 0.378 e. The highest BCUT2D eigenvalue weighted by Gasteiger charge is 2.59. The number of guanidine groups is 1. The van der Waals surface area contributed by atoms with Gasteiger partial charge in [0, 0.05) is 31.7 Å². The maximum Gasteiger partial charge on any atom is 0.191 e. The molecule has 3 rings (SSSR count). The third-order valence-corrected chi connectivity index (χ3v) is 5.76. The molecular weight excluding hydrogens is 250 g/mol. The molecule has 0 bridgehead atoms. The summed E-state index contributed by atoms with van der Waals surface area (Å²) in [6.07, 6.45) is 8.26. The van der Waals surface area contributed by atoms with Gasteiger partial charge in [-0.15, -0.1) is 0 Å². The van der Waals surface area contributed by atoms with Crippen LogP contribution in [-0.4, -0.2) is 38.3 Å². The Bertz CT molecular complexity index is 385. The first kappa shape index (κ1) is 14.2. The molecular formula is C16H29N3O. The van der Waals surface area contributed by atoms with Crippen molar-refractivity contribution in [3.63, 3.8) is 0 Å². The van der Waals surface area contributed by atoms with Gasteiger partial charge in [-0.1, -0.05) is 13.3 Å². The van der Waals surface area contributed by atoms with Crippen molar-refractivity contribution in [1.82, 2.24) is 10.6 Å². The average molecular weight is 279 g/mol. The number of rotatable bonds is 5. The molecule has 1 spiro atoms. The highest BCUT2D eigenvalue weighted by Crippen LogP contribution is 2.57. The number of ether oxygens (including phenoxy) is 1. The Morgan fingerprint density at radius 3 is 2.55 bits per heavy atom. The Balaban J connectivity index is 1.51. The number of nitrogens with one attached hydrogen (secondary N) is 2. The molecule has 3 aliphatic carbocycles. The monoisotopic (exact) mass is 279 g/mol. The van der Waals surface area contributed by atoms with Crippen molar-refractivity contribution < 1.29 is 4.74 Å². The molecule has 2 unspecified atom stereocenters. The van der Waals surface area contributed by atoms with Crippen LogP contribution >= 0.6 is 0 Å². The second kappa shape index (κ2) is 5.21. The van der Waals surface area contributed by atoms with E-state index in [2.05, 4.69) is 29.5 Å². The normalized spacial score (nSPS) is 33.2. The summed E-state index contributed by atoms with van der Waals surface area (Å²) in [5.74, 6) is 0.976. The summed E-state index contributed by atoms with van der Waals surface area (Å²) < 4.78 is 5.90. The van der Waals surface area contributed by atoms with Gasteiger partial charge >= 0.3 is 0 Å². The van der Waals surface area contributed by atoms with Crippen molar-refractivity contribution >= 4 is 5.96 Å². The van der Waals surface area contributed by atoms with Gasteiger partial charge in [0.15, 0.2) is 5.96 Å². The van der Waals surface area contributed by atoms with Gasteiger partial charge in [0.1, 0.15) is 0 Å². The van der Waals surface area contributed by atoms with E-state index >= 15 is 0 Å². The minimum Gasteiger partial charge on any atom is -0.378 e. The fourth-order valence-corrected chi connectivity index (χ4v) is 3.69. The van der Waals surface area contributed by atoms with Crippen LogP contribution in [-0.2, 0) is 4.74 Å². The van der Waals surface area contributed by atoms with E-state index in [4.69, 9.17) is 4.74 Å². The van der Waals surface area contributed by atoms with E-state index in [9.17, 15) is 0 Å². The Labute approximate surface area is 122 Å². The van der Waals surface area contributed by atoms with Gasteiger partial charge in [0.2, 0.25) is 0 Å². The molecule has 4 heteroatoms. The molecule has 0 amide bonds. The van der Waals surface area contributed by atoms with E-state index in [1.54, 1.807) is 0 Å². The van der Waals surface area contributed by atoms with Crippen molar-refractivity contribution in [1.29, 1.82) is 0 Å². The minimum atomic E-state index is 0.400. The lowest BCUT2D eigenvalue weighted by molar-refractivity contribution is -0.168. The van der Waals surface area contributed by atoms with E-state index < -0.39 is 0 Å². The molecule has 0 aliphatic heterocycles. The zero-order valence-corrected chi connectivity index (χ0v) is 13.2. The highest BCUT2D eigenvalue weighted by molar-refractivity contribution is 5.80. The number of hydrogen-bond donors (Lipinski definition) is 2. The molecule has 0 aromatic carbocycles. The van der Waals surface area contributed by atoms with E-state index in [0.29, 0.717) is 23.0 Å². The third kappa shape index (κ3) is 2.43. The van der Waals surface area contributed by atoms with Crippen LogP contribution in [0, 0.1) is 10.8 Å². The molecule has 114 valence electrons. The van der Waals surface area contributed by atoms with Gasteiger partial charge in [0.05, 0.1) is 6.10 Å². The lowest BCUT2D eigenvalue weighted by Crippen LogP contribution is -2.68. The zero-order valence-electron chi connectivity index (χ0n) is 13.2. The molecule has 0 aromatic heterocycles. The van der Waals surface area contributed by atoms with Crippen LogP contribution in [0.2, 0.25) is 0 Å². The lowest BCUT2D eigenvalue weighted by Gasteiger charge is -2.61. The van der Waals surface area contributed by atoms with Crippen molar-refractivity contribution in [2.24, 2.45) is 15.8 Å². The smallest absolute Gasteiger partial charge is 0.191 e. The van der Waals surface area contributed by atoms with Crippen LogP contribution in [0.4, 0.5) is 0 Å². The quantitative estimate of drug-likeness (QED) is 0.599. The number of hydrogen-bond acceptors (Lipinski definition) is 2. The fraction of sp³-hybridized carbons (Fsp3) is 0.938. The van der Waals surface area contributed by atoms with Crippen LogP contribution < -0.4 is 10.6 Å². The maximum absolute atomic E-state index is 5.90. The van der Waals surface area contributed by atoms with Crippen LogP contribution in [0.3, 0.4) is 0 Å². The van der Waals surface area contributed by atoms with Crippen LogP contribution in [0.1, 0.15) is 52.4 Å². The first-order valence-corrected chi connectivity index (χ1v) is 8.21. The standard InChI is InChI=1S/C16H29N3O/c1-4-20-13-10-12(16(13)6-5-7-16)19-14(17-3)18-11-15(2)8-9-15/h12-13H,4-11H2,1-3H3,(H2,17,18,19). The predicted octanol–water partition coefficient (Wildman–Crippen LogP) is 2.30.